The lowest BCUT2D eigenvalue weighted by Gasteiger charge is -2.10. The first kappa shape index (κ1) is 12.3. The summed E-state index contributed by atoms with van der Waals surface area (Å²) in [6.45, 7) is 1.15. The molecule has 1 aromatic rings. The number of ketones is 1. The molecular formula is C9H6F3IO2. The Labute approximate surface area is 97.2 Å². The minimum Gasteiger partial charge on any atom is -0.507 e. The van der Waals surface area contributed by atoms with Gasteiger partial charge >= 0.3 is 6.18 Å². The number of hydrogen-bond donors (Lipinski definition) is 1. The third-order valence-corrected chi connectivity index (χ3v) is 2.89. The van der Waals surface area contributed by atoms with Gasteiger partial charge in [-0.2, -0.15) is 13.2 Å². The third-order valence-electron chi connectivity index (χ3n) is 1.76. The van der Waals surface area contributed by atoms with Crippen molar-refractivity contribution < 1.29 is 23.1 Å². The van der Waals surface area contributed by atoms with Crippen LogP contribution < -0.4 is 0 Å². The molecule has 82 valence electrons. The summed E-state index contributed by atoms with van der Waals surface area (Å²) >= 11 is 1.63. The van der Waals surface area contributed by atoms with Crippen molar-refractivity contribution in [3.05, 3.63) is 26.8 Å². The van der Waals surface area contributed by atoms with Crippen LogP contribution in [0.1, 0.15) is 22.8 Å². The Bertz CT molecular complexity index is 413. The van der Waals surface area contributed by atoms with Gasteiger partial charge in [0, 0.05) is 5.56 Å². The number of carbonyl (C=O) groups is 1. The summed E-state index contributed by atoms with van der Waals surface area (Å²) in [5.41, 5.74) is -1.14. The molecule has 0 radical (unpaired) electrons. The van der Waals surface area contributed by atoms with E-state index in [4.69, 9.17) is 0 Å². The third kappa shape index (κ3) is 2.61. The van der Waals surface area contributed by atoms with E-state index in [0.717, 1.165) is 13.0 Å². The number of halogens is 4. The molecule has 0 saturated heterocycles. The average molecular weight is 330 g/mol. The van der Waals surface area contributed by atoms with E-state index < -0.39 is 23.3 Å². The number of Topliss-reactive ketones (excluding diaryl/α,β-unsaturated/α-hetero) is 1. The fourth-order valence-electron chi connectivity index (χ4n) is 1.03. The molecule has 0 aliphatic rings. The molecule has 6 heteroatoms. The lowest BCUT2D eigenvalue weighted by Crippen LogP contribution is -2.08. The number of alkyl halides is 3. The minimum absolute atomic E-state index is 0.122. The van der Waals surface area contributed by atoms with Gasteiger partial charge < -0.3 is 5.11 Å². The summed E-state index contributed by atoms with van der Waals surface area (Å²) in [4.78, 5) is 11.0. The fraction of sp³-hybridized carbons (Fsp3) is 0.222. The van der Waals surface area contributed by atoms with E-state index >= 15 is 0 Å². The SMILES string of the molecule is CC(=O)c1cc(C(F)(F)F)cc(O)c1I. The van der Waals surface area contributed by atoms with Crippen molar-refractivity contribution in [3.63, 3.8) is 0 Å². The summed E-state index contributed by atoms with van der Waals surface area (Å²) in [5, 5.41) is 9.23. The van der Waals surface area contributed by atoms with Crippen molar-refractivity contribution in [3.8, 4) is 5.75 Å². The standard InChI is InChI=1S/C9H6F3IO2/c1-4(14)6-2-5(9(10,11)12)3-7(15)8(6)13/h2-3,15H,1H3. The predicted molar refractivity (Wildman–Crippen MR) is 55.8 cm³/mol. The number of hydrogen-bond acceptors (Lipinski definition) is 2. The Balaban J connectivity index is 3.43. The Morgan fingerprint density at radius 1 is 1.40 bits per heavy atom. The van der Waals surface area contributed by atoms with E-state index in [9.17, 15) is 23.1 Å². The van der Waals surface area contributed by atoms with Crippen LogP contribution in [-0.4, -0.2) is 10.9 Å². The normalized spacial score (nSPS) is 11.5. The van der Waals surface area contributed by atoms with E-state index in [1.165, 1.54) is 0 Å². The molecule has 0 bridgehead atoms. The number of phenolic OH excluding ortho intramolecular Hbond substituents is 1. The van der Waals surface area contributed by atoms with Crippen molar-refractivity contribution in [1.29, 1.82) is 0 Å². The molecule has 1 rings (SSSR count). The summed E-state index contributed by atoms with van der Waals surface area (Å²) < 4.78 is 37.1. The van der Waals surface area contributed by atoms with Crippen molar-refractivity contribution >= 4 is 28.4 Å². The molecule has 0 aliphatic carbocycles. The highest BCUT2D eigenvalue weighted by Gasteiger charge is 2.32. The second-order valence-electron chi connectivity index (χ2n) is 2.91. The number of benzene rings is 1. The molecule has 0 heterocycles. The fourth-order valence-corrected chi connectivity index (χ4v) is 1.72. The molecule has 0 saturated carbocycles. The number of phenols is 1. The van der Waals surface area contributed by atoms with Crippen LogP contribution in [0, 0.1) is 3.57 Å². The van der Waals surface area contributed by atoms with E-state index in [1.54, 1.807) is 22.6 Å². The van der Waals surface area contributed by atoms with Crippen LogP contribution in [0.25, 0.3) is 0 Å². The smallest absolute Gasteiger partial charge is 0.416 e. The maximum atomic E-state index is 12.3. The highest BCUT2D eigenvalue weighted by molar-refractivity contribution is 14.1. The summed E-state index contributed by atoms with van der Waals surface area (Å²) in [6, 6.07) is 1.35. The monoisotopic (exact) mass is 330 g/mol. The molecule has 0 atom stereocenters. The lowest BCUT2D eigenvalue weighted by atomic mass is 10.1. The van der Waals surface area contributed by atoms with Gasteiger partial charge in [-0.1, -0.05) is 0 Å². The van der Waals surface area contributed by atoms with Crippen LogP contribution in [0.4, 0.5) is 13.2 Å². The zero-order chi connectivity index (χ0) is 11.8. The molecule has 0 fully saturated rings. The first-order valence-electron chi connectivity index (χ1n) is 3.84. The molecule has 0 unspecified atom stereocenters. The average Bonchev–Trinajstić information content (AvgIpc) is 2.06. The van der Waals surface area contributed by atoms with Crippen molar-refractivity contribution in [1.82, 2.24) is 0 Å². The first-order valence-corrected chi connectivity index (χ1v) is 4.92. The molecule has 0 spiro atoms. The van der Waals surface area contributed by atoms with Crippen LogP contribution in [0.5, 0.6) is 5.75 Å². The predicted octanol–water partition coefficient (Wildman–Crippen LogP) is 3.22. The number of carbonyl (C=O) groups excluding carboxylic acids is 1. The molecule has 0 aliphatic heterocycles. The number of aromatic hydroxyl groups is 1. The largest absolute Gasteiger partial charge is 0.507 e. The van der Waals surface area contributed by atoms with Gasteiger partial charge in [0.25, 0.3) is 0 Å². The number of rotatable bonds is 1. The van der Waals surface area contributed by atoms with Gasteiger partial charge in [-0.25, -0.2) is 0 Å². The van der Waals surface area contributed by atoms with E-state index in [0.29, 0.717) is 6.07 Å². The Kier molecular flexibility index (Phi) is 3.27. The highest BCUT2D eigenvalue weighted by atomic mass is 127. The van der Waals surface area contributed by atoms with E-state index in [-0.39, 0.29) is 9.13 Å². The second kappa shape index (κ2) is 3.99. The Hall–Kier alpha value is -0.790. The van der Waals surface area contributed by atoms with Gasteiger partial charge in [-0.3, -0.25) is 4.79 Å². The van der Waals surface area contributed by atoms with Gasteiger partial charge in [0.1, 0.15) is 5.75 Å². The van der Waals surface area contributed by atoms with Gasteiger partial charge in [0.15, 0.2) is 5.78 Å². The molecule has 0 amide bonds. The summed E-state index contributed by atoms with van der Waals surface area (Å²) in [5.74, 6) is -1.04. The zero-order valence-electron chi connectivity index (χ0n) is 7.52. The first-order chi connectivity index (χ1) is 6.73. The molecule has 1 aromatic carbocycles. The molecule has 2 nitrogen and oxygen atoms in total. The molecular weight excluding hydrogens is 324 g/mol. The van der Waals surface area contributed by atoms with E-state index in [2.05, 4.69) is 0 Å². The second-order valence-corrected chi connectivity index (χ2v) is 3.99. The van der Waals surface area contributed by atoms with Gasteiger partial charge in [0.2, 0.25) is 0 Å². The van der Waals surface area contributed by atoms with Crippen molar-refractivity contribution in [2.24, 2.45) is 0 Å². The molecule has 1 N–H and O–H groups in total. The minimum atomic E-state index is -4.56. The van der Waals surface area contributed by atoms with Crippen LogP contribution in [0.15, 0.2) is 12.1 Å². The Morgan fingerprint density at radius 3 is 2.33 bits per heavy atom. The molecule has 15 heavy (non-hydrogen) atoms. The van der Waals surface area contributed by atoms with E-state index in [1.807, 2.05) is 0 Å². The summed E-state index contributed by atoms with van der Waals surface area (Å²) in [6.07, 6.45) is -4.56. The van der Waals surface area contributed by atoms with Crippen LogP contribution in [0.3, 0.4) is 0 Å². The zero-order valence-corrected chi connectivity index (χ0v) is 9.68. The van der Waals surface area contributed by atoms with Crippen LogP contribution in [-0.2, 0) is 6.18 Å². The van der Waals surface area contributed by atoms with Gasteiger partial charge in [0.05, 0.1) is 9.13 Å². The topological polar surface area (TPSA) is 37.3 Å². The Morgan fingerprint density at radius 2 is 1.93 bits per heavy atom. The quantitative estimate of drug-likeness (QED) is 0.634. The van der Waals surface area contributed by atoms with Crippen LogP contribution >= 0.6 is 22.6 Å². The van der Waals surface area contributed by atoms with Crippen LogP contribution in [0.2, 0.25) is 0 Å². The van der Waals surface area contributed by atoms with Crippen molar-refractivity contribution in [2.75, 3.05) is 0 Å². The van der Waals surface area contributed by atoms with Gasteiger partial charge in [-0.05, 0) is 41.6 Å². The van der Waals surface area contributed by atoms with Gasteiger partial charge in [-0.15, -0.1) is 0 Å². The maximum Gasteiger partial charge on any atom is 0.416 e. The van der Waals surface area contributed by atoms with Crippen molar-refractivity contribution in [2.45, 2.75) is 13.1 Å². The maximum absolute atomic E-state index is 12.3. The summed E-state index contributed by atoms with van der Waals surface area (Å²) in [7, 11) is 0. The lowest BCUT2D eigenvalue weighted by molar-refractivity contribution is -0.137. The highest BCUT2D eigenvalue weighted by Crippen LogP contribution is 2.35. The molecule has 0 aromatic heterocycles.